The van der Waals surface area contributed by atoms with Gasteiger partial charge in [0.1, 0.15) is 71.6 Å². The highest BCUT2D eigenvalue weighted by Crippen LogP contribution is 2.21. The number of H-pyrrole nitrogens is 2. The topological polar surface area (TPSA) is 462 Å². The monoisotopic (exact) mass is 1220 g/mol. The molecule has 2 aromatic heterocycles. The number of aromatic amines is 2. The van der Waals surface area contributed by atoms with Crippen LogP contribution in [0.1, 0.15) is 34.4 Å². The van der Waals surface area contributed by atoms with E-state index in [1.54, 1.807) is 36.7 Å². The number of para-hydroxylation sites is 1. The molecule has 0 unspecified atom stereocenters. The number of phenolic OH excluding ortho intramolecular Hbond substituents is 3. The number of hydrogen-bond acceptors (Lipinski definition) is 18. The molecule has 0 saturated heterocycles. The minimum absolute atomic E-state index is 0.0568. The number of aromatic nitrogens is 3. The summed E-state index contributed by atoms with van der Waals surface area (Å²) in [4.78, 5) is 135. The number of aliphatic hydroxyl groups is 3. The van der Waals surface area contributed by atoms with Gasteiger partial charge in [-0.3, -0.25) is 38.4 Å². The molecule has 0 aliphatic rings. The number of phenols is 3. The number of amides is 8. The number of thioether (sulfide) groups is 1. The Morgan fingerprint density at radius 1 is 0.483 bits per heavy atom. The second-order valence-corrected chi connectivity index (χ2v) is 21.2. The van der Waals surface area contributed by atoms with Crippen molar-refractivity contribution < 1.29 is 78.9 Å². The van der Waals surface area contributed by atoms with E-state index in [2.05, 4.69) is 57.5 Å². The van der Waals surface area contributed by atoms with Gasteiger partial charge in [-0.2, -0.15) is 11.8 Å². The molecule has 0 aliphatic carbocycles. The predicted molar refractivity (Wildman–Crippen MR) is 315 cm³/mol. The van der Waals surface area contributed by atoms with Crippen LogP contribution in [0.25, 0.3) is 10.9 Å². The molecule has 0 fully saturated rings. The number of nitrogens with two attached hydrogens (primary N) is 1. The number of carbonyl (C=O) groups excluding carboxylic acids is 8. The molecular formula is C58H70N12O16S. The van der Waals surface area contributed by atoms with Crippen molar-refractivity contribution in [1.82, 2.24) is 57.5 Å². The van der Waals surface area contributed by atoms with Crippen LogP contribution in [0.15, 0.2) is 116 Å². The minimum Gasteiger partial charge on any atom is -0.508 e. The first-order chi connectivity index (χ1) is 41.7. The van der Waals surface area contributed by atoms with Crippen molar-refractivity contribution in [3.8, 4) is 17.2 Å². The third kappa shape index (κ3) is 20.0. The van der Waals surface area contributed by atoms with Crippen molar-refractivity contribution in [3.63, 3.8) is 0 Å². The van der Waals surface area contributed by atoms with Gasteiger partial charge in [0, 0.05) is 61.1 Å². The van der Waals surface area contributed by atoms with E-state index < -0.39 is 127 Å². The molecule has 0 radical (unpaired) electrons. The molecule has 0 spiro atoms. The van der Waals surface area contributed by atoms with Crippen LogP contribution in [0.2, 0.25) is 0 Å². The Morgan fingerprint density at radius 3 is 1.31 bits per heavy atom. The van der Waals surface area contributed by atoms with Crippen LogP contribution in [-0.4, -0.2) is 190 Å². The standard InChI is InChI=1S/C58H70N12O16S/c1-87-19-18-42(51(78)67-46(24-35-26-60-30-62-35)55(82)66-45(23-34-25-61-41-5-3-2-4-39(34)41)54(81)68-47(58(85)86)22-33-10-16-38(76)17-11-33)63-52(79)43(20-31-6-12-36(74)13-7-31)64-57(84)49(29-73)70-53(80)44(21-32-8-14-37(75)15-9-32)65-56(83)48(28-72)69-50(77)40(59)27-71/h2-17,25-26,30,40,42-49,61,71-76H,18-24,27-29,59H2,1H3,(H,60,62)(H,63,79)(H,64,84)(H,65,83)(H,66,82)(H,67,78)(H,68,81)(H,69,77)(H,70,80)(H,85,86)/t40-,42-,43-,44-,45-,46-,47-,48-,49-/m0/s1. The van der Waals surface area contributed by atoms with Crippen molar-refractivity contribution in [2.45, 2.75) is 92.9 Å². The fraction of sp³-hybridized carbons (Fsp3) is 0.345. The minimum atomic E-state index is -1.84. The molecule has 9 atom stereocenters. The molecule has 4 aromatic carbocycles. The number of aromatic hydroxyl groups is 3. The number of aliphatic carboxylic acids is 1. The lowest BCUT2D eigenvalue weighted by molar-refractivity contribution is -0.142. The number of carboxylic acids is 1. The molecule has 0 aliphatic heterocycles. The lowest BCUT2D eigenvalue weighted by Gasteiger charge is -2.28. The fourth-order valence-electron chi connectivity index (χ4n) is 8.94. The van der Waals surface area contributed by atoms with E-state index >= 15 is 0 Å². The normalized spacial score (nSPS) is 14.3. The van der Waals surface area contributed by atoms with Gasteiger partial charge in [-0.05, 0) is 83.1 Å². The first-order valence-corrected chi connectivity index (χ1v) is 28.7. The molecular weight excluding hydrogens is 1150 g/mol. The van der Waals surface area contributed by atoms with Crippen molar-refractivity contribution in [3.05, 3.63) is 144 Å². The highest BCUT2D eigenvalue weighted by Gasteiger charge is 2.36. The molecule has 464 valence electrons. The van der Waals surface area contributed by atoms with E-state index in [9.17, 15) is 78.9 Å². The average molecular weight is 1220 g/mol. The van der Waals surface area contributed by atoms with Gasteiger partial charge in [0.05, 0.1) is 26.1 Å². The van der Waals surface area contributed by atoms with Gasteiger partial charge in [0.15, 0.2) is 0 Å². The number of nitrogens with one attached hydrogen (secondary N) is 10. The Bertz CT molecular complexity index is 3300. The first-order valence-electron chi connectivity index (χ1n) is 27.3. The number of rotatable bonds is 33. The summed E-state index contributed by atoms with van der Waals surface area (Å²) in [5.41, 5.74) is 8.41. The molecule has 28 nitrogen and oxygen atoms in total. The van der Waals surface area contributed by atoms with E-state index in [0.717, 1.165) is 0 Å². The van der Waals surface area contributed by atoms with Crippen LogP contribution in [0.4, 0.5) is 0 Å². The van der Waals surface area contributed by atoms with Crippen LogP contribution in [0.3, 0.4) is 0 Å². The predicted octanol–water partition coefficient (Wildman–Crippen LogP) is -2.46. The lowest BCUT2D eigenvalue weighted by atomic mass is 10.0. The zero-order valence-corrected chi connectivity index (χ0v) is 47.8. The highest BCUT2D eigenvalue weighted by atomic mass is 32.2. The molecule has 8 amide bonds. The van der Waals surface area contributed by atoms with Crippen LogP contribution in [0, 0.1) is 0 Å². The molecule has 19 N–H and O–H groups in total. The Morgan fingerprint density at radius 2 is 0.874 bits per heavy atom. The summed E-state index contributed by atoms with van der Waals surface area (Å²) in [6.07, 6.45) is 4.83. The summed E-state index contributed by atoms with van der Waals surface area (Å²) in [5, 5.41) is 90.5. The molecule has 87 heavy (non-hydrogen) atoms. The molecule has 6 rings (SSSR count). The zero-order valence-electron chi connectivity index (χ0n) is 47.0. The summed E-state index contributed by atoms with van der Waals surface area (Å²) in [6.45, 7) is -2.86. The van der Waals surface area contributed by atoms with Crippen LogP contribution < -0.4 is 48.3 Å². The number of imidazole rings is 1. The summed E-state index contributed by atoms with van der Waals surface area (Å²) in [5.74, 6) is -9.43. The third-order valence-corrected chi connectivity index (χ3v) is 14.4. The quantitative estimate of drug-likeness (QED) is 0.0203. The Labute approximate surface area is 501 Å². The zero-order chi connectivity index (χ0) is 63.2. The van der Waals surface area contributed by atoms with Crippen LogP contribution in [0.5, 0.6) is 17.2 Å². The van der Waals surface area contributed by atoms with E-state index in [0.29, 0.717) is 38.9 Å². The first kappa shape index (κ1) is 66.6. The van der Waals surface area contributed by atoms with Gasteiger partial charge < -0.3 is 94.0 Å². The smallest absolute Gasteiger partial charge is 0.326 e. The molecule has 29 heteroatoms. The highest BCUT2D eigenvalue weighted by molar-refractivity contribution is 7.98. The molecule has 2 heterocycles. The Hall–Kier alpha value is -9.55. The molecule has 0 bridgehead atoms. The number of benzene rings is 4. The van der Waals surface area contributed by atoms with Gasteiger partial charge in [-0.1, -0.05) is 54.6 Å². The third-order valence-electron chi connectivity index (χ3n) is 13.8. The second-order valence-electron chi connectivity index (χ2n) is 20.2. The van der Waals surface area contributed by atoms with Crippen molar-refractivity contribution in [1.29, 1.82) is 0 Å². The Balaban J connectivity index is 1.24. The van der Waals surface area contributed by atoms with Gasteiger partial charge >= 0.3 is 5.97 Å². The largest absolute Gasteiger partial charge is 0.508 e. The Kier molecular flexibility index (Phi) is 25.0. The molecule has 6 aromatic rings. The maximum atomic E-state index is 14.7. The average Bonchev–Trinajstić information content (AvgIpc) is 4.34. The second kappa shape index (κ2) is 32.7. The summed E-state index contributed by atoms with van der Waals surface area (Å²) in [6, 6.07) is 9.77. The van der Waals surface area contributed by atoms with E-state index in [1.807, 2.05) is 0 Å². The van der Waals surface area contributed by atoms with Gasteiger partial charge in [0.25, 0.3) is 0 Å². The lowest BCUT2D eigenvalue weighted by Crippen LogP contribution is -2.61. The van der Waals surface area contributed by atoms with Crippen LogP contribution in [-0.2, 0) is 75.3 Å². The van der Waals surface area contributed by atoms with Gasteiger partial charge in [-0.15, -0.1) is 0 Å². The number of hydrogen-bond donors (Lipinski definition) is 18. The number of fused-ring (bicyclic) bond motifs is 1. The van der Waals surface area contributed by atoms with Crippen LogP contribution >= 0.6 is 11.8 Å². The number of carboxylic acid groups (broad SMARTS) is 1. The van der Waals surface area contributed by atoms with Crippen molar-refractivity contribution in [2.75, 3.05) is 31.8 Å². The number of carbonyl (C=O) groups is 9. The van der Waals surface area contributed by atoms with E-state index in [-0.39, 0.29) is 61.5 Å². The number of nitrogens with zero attached hydrogens (tertiary/aromatic N) is 1. The summed E-state index contributed by atoms with van der Waals surface area (Å²) < 4.78 is 0. The fourth-order valence-corrected chi connectivity index (χ4v) is 9.41. The van der Waals surface area contributed by atoms with Crippen molar-refractivity contribution >= 4 is 75.9 Å². The van der Waals surface area contributed by atoms with E-state index in [1.165, 1.54) is 97.1 Å². The SMILES string of the molecule is CSCC[C@H](NC(=O)[C@H](Cc1ccc(O)cc1)NC(=O)[C@H](CO)NC(=O)[C@H](Cc1ccc(O)cc1)NC(=O)[C@H](CO)NC(=O)[C@@H](N)CO)C(=O)N[C@@H](Cc1cnc[nH]1)C(=O)N[C@@H](Cc1c[nH]c2ccccc12)C(=O)N[C@@H](Cc1ccc(O)cc1)C(=O)O. The maximum Gasteiger partial charge on any atom is 0.326 e. The van der Waals surface area contributed by atoms with Crippen molar-refractivity contribution in [2.24, 2.45) is 5.73 Å². The summed E-state index contributed by atoms with van der Waals surface area (Å²) >= 11 is 1.31. The van der Waals surface area contributed by atoms with E-state index in [4.69, 9.17) is 5.73 Å². The number of aliphatic hydroxyl groups excluding tert-OH is 3. The van der Waals surface area contributed by atoms with Gasteiger partial charge in [-0.25, -0.2) is 9.78 Å². The van der Waals surface area contributed by atoms with Gasteiger partial charge in [0.2, 0.25) is 47.3 Å². The molecule has 0 saturated carbocycles. The summed E-state index contributed by atoms with van der Waals surface area (Å²) in [7, 11) is 0. The maximum absolute atomic E-state index is 14.7.